The number of aliphatic hydroxyl groups is 1. The molecule has 0 aromatic heterocycles. The number of hydrogen-bond donors (Lipinski definition) is 2. The maximum absolute atomic E-state index is 12.0. The molecule has 24 heavy (non-hydrogen) atoms. The molecule has 5 nitrogen and oxygen atoms in total. The molecule has 2 rings (SSSR count). The molecule has 0 radical (unpaired) electrons. The number of rotatable bonds is 6. The van der Waals surface area contributed by atoms with E-state index in [1.165, 1.54) is 6.92 Å². The molecule has 1 aliphatic heterocycles. The van der Waals surface area contributed by atoms with E-state index in [0.29, 0.717) is 43.4 Å². The van der Waals surface area contributed by atoms with Crippen molar-refractivity contribution in [3.05, 3.63) is 34.9 Å². The highest BCUT2D eigenvalue weighted by Gasteiger charge is 2.25. The van der Waals surface area contributed by atoms with Crippen molar-refractivity contribution < 1.29 is 14.7 Å². The fourth-order valence-corrected chi connectivity index (χ4v) is 3.15. The molecule has 1 atom stereocenters. The lowest BCUT2D eigenvalue weighted by molar-refractivity contribution is -0.140. The first-order valence-electron chi connectivity index (χ1n) is 8.44. The third-order valence-corrected chi connectivity index (χ3v) is 4.82. The van der Waals surface area contributed by atoms with Crippen molar-refractivity contribution in [3.8, 4) is 0 Å². The zero-order valence-corrected chi connectivity index (χ0v) is 14.8. The third-order valence-electron chi connectivity index (χ3n) is 4.45. The molecule has 1 heterocycles. The fourth-order valence-electron chi connectivity index (χ4n) is 2.92. The number of likely N-dealkylation sites (tertiary alicyclic amines) is 1. The highest BCUT2D eigenvalue weighted by molar-refractivity contribution is 6.31. The summed E-state index contributed by atoms with van der Waals surface area (Å²) in [5, 5.41) is 13.0. The Kier molecular flexibility index (Phi) is 7.06. The zero-order chi connectivity index (χ0) is 17.5. The third kappa shape index (κ3) is 5.49. The van der Waals surface area contributed by atoms with Gasteiger partial charge in [-0.2, -0.15) is 0 Å². The summed E-state index contributed by atoms with van der Waals surface area (Å²) in [5.41, 5.74) is 0.985. The Balaban J connectivity index is 1.66. The lowest BCUT2D eigenvalue weighted by atomic mass is 9.96. The van der Waals surface area contributed by atoms with Gasteiger partial charge in [0.1, 0.15) is 6.10 Å². The average Bonchev–Trinajstić information content (AvgIpc) is 2.59. The Morgan fingerprint density at radius 2 is 2.00 bits per heavy atom. The van der Waals surface area contributed by atoms with Crippen LogP contribution in [-0.4, -0.2) is 47.6 Å². The highest BCUT2D eigenvalue weighted by atomic mass is 35.5. The predicted octanol–water partition coefficient (Wildman–Crippen LogP) is 2.01. The van der Waals surface area contributed by atoms with Gasteiger partial charge in [-0.1, -0.05) is 29.8 Å². The predicted molar refractivity (Wildman–Crippen MR) is 93.8 cm³/mol. The van der Waals surface area contributed by atoms with Gasteiger partial charge in [-0.15, -0.1) is 0 Å². The first kappa shape index (κ1) is 18.7. The van der Waals surface area contributed by atoms with Crippen molar-refractivity contribution in [2.45, 2.75) is 38.7 Å². The first-order valence-corrected chi connectivity index (χ1v) is 8.82. The molecule has 0 aliphatic carbocycles. The van der Waals surface area contributed by atoms with E-state index in [1.807, 2.05) is 24.3 Å². The van der Waals surface area contributed by atoms with Crippen molar-refractivity contribution >= 4 is 23.4 Å². The molecule has 0 bridgehead atoms. The molecule has 0 spiro atoms. The second-order valence-corrected chi connectivity index (χ2v) is 6.75. The fraction of sp³-hybridized carbons (Fsp3) is 0.556. The van der Waals surface area contributed by atoms with E-state index >= 15 is 0 Å². The average molecular weight is 353 g/mol. The van der Waals surface area contributed by atoms with E-state index in [9.17, 15) is 14.7 Å². The Labute approximate surface area is 148 Å². The maximum atomic E-state index is 12.0. The summed E-state index contributed by atoms with van der Waals surface area (Å²) in [5.74, 6) is 0.196. The van der Waals surface area contributed by atoms with Crippen LogP contribution in [0.3, 0.4) is 0 Å². The monoisotopic (exact) mass is 352 g/mol. The molecule has 6 heteroatoms. The van der Waals surface area contributed by atoms with Gasteiger partial charge in [0.05, 0.1) is 0 Å². The number of nitrogens with zero attached hydrogens (tertiary/aromatic N) is 1. The number of aryl methyl sites for hydroxylation is 1. The van der Waals surface area contributed by atoms with Crippen LogP contribution in [0.25, 0.3) is 0 Å². The number of nitrogens with one attached hydrogen (secondary N) is 1. The lowest BCUT2D eigenvalue weighted by Gasteiger charge is -2.32. The van der Waals surface area contributed by atoms with E-state index in [2.05, 4.69) is 5.32 Å². The second-order valence-electron chi connectivity index (χ2n) is 6.34. The topological polar surface area (TPSA) is 69.6 Å². The Bertz CT molecular complexity index is 569. The number of benzene rings is 1. The molecule has 1 aromatic rings. The van der Waals surface area contributed by atoms with Crippen LogP contribution in [0, 0.1) is 5.92 Å². The van der Waals surface area contributed by atoms with Crippen molar-refractivity contribution in [3.63, 3.8) is 0 Å². The number of carbonyl (C=O) groups is 2. The van der Waals surface area contributed by atoms with E-state index in [1.54, 1.807) is 4.90 Å². The number of carbonyl (C=O) groups excluding carboxylic acids is 2. The summed E-state index contributed by atoms with van der Waals surface area (Å²) < 4.78 is 0. The Hall–Kier alpha value is -1.59. The van der Waals surface area contributed by atoms with Crippen LogP contribution >= 0.6 is 11.6 Å². The van der Waals surface area contributed by atoms with Crippen molar-refractivity contribution in [2.24, 2.45) is 5.92 Å². The number of aliphatic hydroxyl groups excluding tert-OH is 1. The number of piperidine rings is 1. The molecule has 2 amide bonds. The molecule has 1 aliphatic rings. The van der Waals surface area contributed by atoms with Crippen LogP contribution in [0.1, 0.15) is 31.7 Å². The van der Waals surface area contributed by atoms with Gasteiger partial charge in [0.15, 0.2) is 0 Å². The quantitative estimate of drug-likeness (QED) is 0.822. The molecule has 132 valence electrons. The Morgan fingerprint density at radius 3 is 2.62 bits per heavy atom. The van der Waals surface area contributed by atoms with Crippen LogP contribution in [0.2, 0.25) is 5.02 Å². The smallest absolute Gasteiger partial charge is 0.251 e. The molecular formula is C18H25ClN2O3. The summed E-state index contributed by atoms with van der Waals surface area (Å²) in [7, 11) is 0. The minimum absolute atomic E-state index is 0.0254. The van der Waals surface area contributed by atoms with Crippen LogP contribution in [0.5, 0.6) is 0 Å². The highest BCUT2D eigenvalue weighted by Crippen LogP contribution is 2.18. The van der Waals surface area contributed by atoms with Crippen molar-refractivity contribution in [1.82, 2.24) is 10.2 Å². The van der Waals surface area contributed by atoms with Gasteiger partial charge >= 0.3 is 0 Å². The molecule has 1 fully saturated rings. The summed E-state index contributed by atoms with van der Waals surface area (Å²) in [6.07, 6.45) is 1.81. The molecule has 1 unspecified atom stereocenters. The SMILES string of the molecule is CC(O)C(=O)N1CCC(CNC(=O)CCc2ccccc2Cl)CC1. The van der Waals surface area contributed by atoms with E-state index in [0.717, 1.165) is 18.4 Å². The molecule has 2 N–H and O–H groups in total. The van der Waals surface area contributed by atoms with Gasteiger partial charge < -0.3 is 15.3 Å². The summed E-state index contributed by atoms with van der Waals surface area (Å²) >= 11 is 6.09. The largest absolute Gasteiger partial charge is 0.384 e. The zero-order valence-electron chi connectivity index (χ0n) is 14.0. The minimum atomic E-state index is -0.939. The normalized spacial score (nSPS) is 16.7. The standard InChI is InChI=1S/C18H25ClN2O3/c1-13(22)18(24)21-10-8-14(9-11-21)12-20-17(23)7-6-15-4-2-3-5-16(15)19/h2-5,13-14,22H,6-12H2,1H3,(H,20,23). The van der Waals surface area contributed by atoms with E-state index < -0.39 is 6.10 Å². The molecule has 1 aromatic carbocycles. The summed E-state index contributed by atoms with van der Waals surface area (Å²) in [6, 6.07) is 7.56. The van der Waals surface area contributed by atoms with E-state index in [-0.39, 0.29) is 11.8 Å². The summed E-state index contributed by atoms with van der Waals surface area (Å²) in [6.45, 7) is 3.42. The second kappa shape index (κ2) is 9.04. The van der Waals surface area contributed by atoms with Gasteiger partial charge in [-0.25, -0.2) is 0 Å². The van der Waals surface area contributed by atoms with Gasteiger partial charge in [-0.05, 0) is 43.7 Å². The maximum Gasteiger partial charge on any atom is 0.251 e. The number of hydrogen-bond acceptors (Lipinski definition) is 3. The Morgan fingerprint density at radius 1 is 1.33 bits per heavy atom. The van der Waals surface area contributed by atoms with Gasteiger partial charge in [-0.3, -0.25) is 9.59 Å². The minimum Gasteiger partial charge on any atom is -0.384 e. The number of halogens is 1. The van der Waals surface area contributed by atoms with Crippen LogP contribution < -0.4 is 5.32 Å². The van der Waals surface area contributed by atoms with Crippen LogP contribution in [-0.2, 0) is 16.0 Å². The van der Waals surface area contributed by atoms with Gasteiger partial charge in [0.25, 0.3) is 5.91 Å². The number of amides is 2. The molecule has 1 saturated heterocycles. The van der Waals surface area contributed by atoms with Crippen molar-refractivity contribution in [1.29, 1.82) is 0 Å². The van der Waals surface area contributed by atoms with E-state index in [4.69, 9.17) is 11.6 Å². The molecule has 0 saturated carbocycles. The van der Waals surface area contributed by atoms with Gasteiger partial charge in [0, 0.05) is 31.1 Å². The first-order chi connectivity index (χ1) is 11.5. The summed E-state index contributed by atoms with van der Waals surface area (Å²) in [4.78, 5) is 25.4. The lowest BCUT2D eigenvalue weighted by Crippen LogP contribution is -2.44. The van der Waals surface area contributed by atoms with Crippen molar-refractivity contribution in [2.75, 3.05) is 19.6 Å². The van der Waals surface area contributed by atoms with Crippen LogP contribution in [0.4, 0.5) is 0 Å². The molecular weight excluding hydrogens is 328 g/mol. The van der Waals surface area contributed by atoms with Crippen LogP contribution in [0.15, 0.2) is 24.3 Å². The van der Waals surface area contributed by atoms with Gasteiger partial charge in [0.2, 0.25) is 5.91 Å².